The third-order valence-electron chi connectivity index (χ3n) is 6.41. The molecule has 2 aliphatic rings. The molecule has 1 N–H and O–H groups in total. The molecule has 1 unspecified atom stereocenters. The Morgan fingerprint density at radius 1 is 1.17 bits per heavy atom. The molecule has 0 aliphatic carbocycles. The van der Waals surface area contributed by atoms with Gasteiger partial charge in [0, 0.05) is 31.2 Å². The number of H-pyrrole nitrogens is 1. The maximum Gasteiger partial charge on any atom is 0.421 e. The smallest absolute Gasteiger partial charge is 0.421 e. The second-order valence-electron chi connectivity index (χ2n) is 8.64. The van der Waals surface area contributed by atoms with Gasteiger partial charge in [0.05, 0.1) is 18.3 Å². The van der Waals surface area contributed by atoms with Crippen LogP contribution >= 0.6 is 11.6 Å². The summed E-state index contributed by atoms with van der Waals surface area (Å²) in [6.07, 6.45) is -3.50. The standard InChI is InChI=1S/C22H22ClF3N6O3/c23-13-3-4-18-16(10-13)27-21(35-18)31-8-6-30(7-9-31)19(33)12-32-5-1-2-17(32)15-11-14(22(24,25)26)20(34)29-28-15/h3-4,10-11,17H,1-2,5-9,12H2,(H,29,34). The molecule has 2 fully saturated rings. The summed E-state index contributed by atoms with van der Waals surface area (Å²) in [4.78, 5) is 34.5. The van der Waals surface area contributed by atoms with Gasteiger partial charge in [-0.3, -0.25) is 14.5 Å². The zero-order chi connectivity index (χ0) is 24.7. The third-order valence-corrected chi connectivity index (χ3v) is 6.65. The second kappa shape index (κ2) is 9.15. The third kappa shape index (κ3) is 4.85. The monoisotopic (exact) mass is 510 g/mol. The number of nitrogens with zero attached hydrogens (tertiary/aromatic N) is 5. The number of benzene rings is 1. The summed E-state index contributed by atoms with van der Waals surface area (Å²) in [7, 11) is 0. The molecular formula is C22H22ClF3N6O3. The van der Waals surface area contributed by atoms with Crippen molar-refractivity contribution in [3.8, 4) is 0 Å². The van der Waals surface area contributed by atoms with Gasteiger partial charge in [0.25, 0.3) is 11.6 Å². The van der Waals surface area contributed by atoms with Crippen LogP contribution in [0.3, 0.4) is 0 Å². The Kier molecular flexibility index (Phi) is 6.18. The predicted octanol–water partition coefficient (Wildman–Crippen LogP) is 3.07. The van der Waals surface area contributed by atoms with Gasteiger partial charge in [0.1, 0.15) is 11.1 Å². The van der Waals surface area contributed by atoms with Crippen molar-refractivity contribution in [1.29, 1.82) is 0 Å². The molecular weight excluding hydrogens is 489 g/mol. The van der Waals surface area contributed by atoms with Gasteiger partial charge in [-0.15, -0.1) is 0 Å². The van der Waals surface area contributed by atoms with Crippen molar-refractivity contribution in [3.63, 3.8) is 0 Å². The lowest BCUT2D eigenvalue weighted by Crippen LogP contribution is -2.51. The van der Waals surface area contributed by atoms with Crippen molar-refractivity contribution >= 4 is 34.6 Å². The van der Waals surface area contributed by atoms with Gasteiger partial charge < -0.3 is 14.2 Å². The first kappa shape index (κ1) is 23.6. The number of likely N-dealkylation sites (tertiary alicyclic amines) is 1. The number of aromatic amines is 1. The number of piperazine rings is 1. The number of amides is 1. The van der Waals surface area contributed by atoms with Crippen LogP contribution < -0.4 is 10.5 Å². The topological polar surface area (TPSA) is 98.6 Å². The first-order valence-electron chi connectivity index (χ1n) is 11.2. The van der Waals surface area contributed by atoms with Crippen molar-refractivity contribution in [3.05, 3.63) is 50.9 Å². The highest BCUT2D eigenvalue weighted by Crippen LogP contribution is 2.33. The highest BCUT2D eigenvalue weighted by Gasteiger charge is 2.37. The molecule has 35 heavy (non-hydrogen) atoms. The van der Waals surface area contributed by atoms with E-state index in [0.717, 1.165) is 12.5 Å². The van der Waals surface area contributed by atoms with Crippen LogP contribution in [0.4, 0.5) is 19.2 Å². The lowest BCUT2D eigenvalue weighted by atomic mass is 10.1. The molecule has 1 aromatic carbocycles. The highest BCUT2D eigenvalue weighted by molar-refractivity contribution is 6.31. The molecule has 2 aliphatic heterocycles. The lowest BCUT2D eigenvalue weighted by Gasteiger charge is -2.35. The maximum atomic E-state index is 13.2. The van der Waals surface area contributed by atoms with Crippen LogP contribution in [0, 0.1) is 0 Å². The molecule has 9 nitrogen and oxygen atoms in total. The van der Waals surface area contributed by atoms with Crippen molar-refractivity contribution in [2.45, 2.75) is 25.1 Å². The van der Waals surface area contributed by atoms with Crippen LogP contribution in [-0.4, -0.2) is 70.2 Å². The number of carbonyl (C=O) groups excluding carboxylic acids is 1. The Labute approximate surface area is 202 Å². The van der Waals surface area contributed by atoms with Gasteiger partial charge in [-0.1, -0.05) is 11.6 Å². The van der Waals surface area contributed by atoms with E-state index in [1.165, 1.54) is 0 Å². The number of hydrogen-bond acceptors (Lipinski definition) is 7. The number of oxazole rings is 1. The molecule has 3 aromatic rings. The fraction of sp³-hybridized carbons (Fsp3) is 0.455. The zero-order valence-corrected chi connectivity index (χ0v) is 19.3. The van der Waals surface area contributed by atoms with Gasteiger partial charge in [-0.2, -0.15) is 23.3 Å². The number of halogens is 4. The quantitative estimate of drug-likeness (QED) is 0.576. The summed E-state index contributed by atoms with van der Waals surface area (Å²) in [5.41, 5.74) is -1.15. The van der Waals surface area contributed by atoms with Gasteiger partial charge in [-0.25, -0.2) is 5.10 Å². The van der Waals surface area contributed by atoms with Crippen molar-refractivity contribution in [1.82, 2.24) is 25.0 Å². The molecule has 4 heterocycles. The number of aromatic nitrogens is 3. The second-order valence-corrected chi connectivity index (χ2v) is 9.07. The Morgan fingerprint density at radius 3 is 2.69 bits per heavy atom. The van der Waals surface area contributed by atoms with Gasteiger partial charge in [0.15, 0.2) is 5.58 Å². The molecule has 0 saturated carbocycles. The average molecular weight is 511 g/mol. The lowest BCUT2D eigenvalue weighted by molar-refractivity contribution is -0.139. The highest BCUT2D eigenvalue weighted by atomic mass is 35.5. The maximum absolute atomic E-state index is 13.2. The SMILES string of the molecule is O=C(CN1CCCC1c1cc(C(F)(F)F)c(=O)[nH]n1)N1CCN(c2nc3cc(Cl)ccc3o2)CC1. The summed E-state index contributed by atoms with van der Waals surface area (Å²) in [6, 6.07) is 6.01. The van der Waals surface area contributed by atoms with Crippen LogP contribution in [0.15, 0.2) is 33.5 Å². The molecule has 2 aromatic heterocycles. The van der Waals surface area contributed by atoms with Crippen molar-refractivity contribution in [2.75, 3.05) is 44.2 Å². The Hall–Kier alpha value is -3.12. The van der Waals surface area contributed by atoms with E-state index in [0.29, 0.717) is 61.3 Å². The summed E-state index contributed by atoms with van der Waals surface area (Å²) >= 11 is 6.01. The van der Waals surface area contributed by atoms with Crippen LogP contribution in [0.2, 0.25) is 5.02 Å². The molecule has 186 valence electrons. The van der Waals surface area contributed by atoms with Crippen molar-refractivity contribution in [2.24, 2.45) is 0 Å². The summed E-state index contributed by atoms with van der Waals surface area (Å²) in [5, 5.41) is 6.35. The van der Waals surface area contributed by atoms with Crippen LogP contribution in [-0.2, 0) is 11.0 Å². The van der Waals surface area contributed by atoms with E-state index < -0.39 is 23.3 Å². The van der Waals surface area contributed by atoms with E-state index in [-0.39, 0.29) is 18.1 Å². The van der Waals surface area contributed by atoms with Gasteiger partial charge >= 0.3 is 6.18 Å². The van der Waals surface area contributed by atoms with E-state index in [1.54, 1.807) is 23.1 Å². The fourth-order valence-electron chi connectivity index (χ4n) is 4.60. The van der Waals surface area contributed by atoms with Crippen LogP contribution in [0.5, 0.6) is 0 Å². The molecule has 13 heteroatoms. The molecule has 1 atom stereocenters. The van der Waals surface area contributed by atoms with E-state index in [9.17, 15) is 22.8 Å². The summed E-state index contributed by atoms with van der Waals surface area (Å²) in [6.45, 7) is 2.62. The molecule has 0 radical (unpaired) electrons. The number of rotatable bonds is 4. The van der Waals surface area contributed by atoms with Crippen LogP contribution in [0.25, 0.3) is 11.1 Å². The molecule has 0 spiro atoms. The van der Waals surface area contributed by atoms with E-state index in [2.05, 4.69) is 10.1 Å². The normalized spacial score (nSPS) is 19.6. The van der Waals surface area contributed by atoms with Crippen molar-refractivity contribution < 1.29 is 22.4 Å². The molecule has 5 rings (SSSR count). The Bertz CT molecular complexity index is 1300. The van der Waals surface area contributed by atoms with E-state index in [4.69, 9.17) is 16.0 Å². The van der Waals surface area contributed by atoms with Crippen LogP contribution in [0.1, 0.15) is 30.1 Å². The largest absolute Gasteiger partial charge is 0.423 e. The van der Waals surface area contributed by atoms with E-state index in [1.807, 2.05) is 14.9 Å². The predicted molar refractivity (Wildman–Crippen MR) is 121 cm³/mol. The minimum absolute atomic E-state index is 0.0637. The van der Waals surface area contributed by atoms with Gasteiger partial charge in [0.2, 0.25) is 5.91 Å². The first-order valence-corrected chi connectivity index (χ1v) is 11.6. The van der Waals surface area contributed by atoms with E-state index >= 15 is 0 Å². The zero-order valence-electron chi connectivity index (χ0n) is 18.5. The number of hydrogen-bond donors (Lipinski definition) is 1. The number of alkyl halides is 3. The van der Waals surface area contributed by atoms with Gasteiger partial charge in [-0.05, 0) is 43.7 Å². The Balaban J connectivity index is 1.22. The minimum Gasteiger partial charge on any atom is -0.423 e. The number of nitrogens with one attached hydrogen (secondary N) is 1. The molecule has 2 saturated heterocycles. The minimum atomic E-state index is -4.77. The Morgan fingerprint density at radius 2 is 1.94 bits per heavy atom. The summed E-state index contributed by atoms with van der Waals surface area (Å²) in [5.74, 6) is -0.110. The molecule has 1 amide bonds. The average Bonchev–Trinajstić information content (AvgIpc) is 3.45. The number of carbonyl (C=O) groups is 1. The summed E-state index contributed by atoms with van der Waals surface area (Å²) < 4.78 is 45.3. The number of fused-ring (bicyclic) bond motifs is 1. The fourth-order valence-corrected chi connectivity index (χ4v) is 4.76. The number of anilines is 1. The molecule has 0 bridgehead atoms. The first-order chi connectivity index (χ1) is 16.7.